The van der Waals surface area contributed by atoms with Crippen molar-refractivity contribution >= 4 is 0 Å². The Bertz CT molecular complexity index is 84.3. The largest absolute Gasteiger partial charge is 0.194 e. The van der Waals surface area contributed by atoms with Gasteiger partial charge in [-0.25, -0.2) is 0 Å². The van der Waals surface area contributed by atoms with Gasteiger partial charge in [0.1, 0.15) is 0 Å². The van der Waals surface area contributed by atoms with E-state index in [0.29, 0.717) is 0 Å². The lowest BCUT2D eigenvalue weighted by atomic mass is 10.1. The van der Waals surface area contributed by atoms with Crippen LogP contribution in [0.4, 0.5) is 4.53 Å². The minimum absolute atomic E-state index is 0.274. The Kier molecular flexibility index (Phi) is 12.8. The third-order valence-corrected chi connectivity index (χ3v) is 2.58. The molecule has 0 unspecified atom stereocenters. The highest BCUT2D eigenvalue weighted by Crippen LogP contribution is 2.10. The standard InChI is InChI=1S/C12H25FO/c1-2-3-4-5-6-7-8-9-10-11-12-14-13/h2-12H2,1H3. The van der Waals surface area contributed by atoms with Gasteiger partial charge in [0.25, 0.3) is 0 Å². The van der Waals surface area contributed by atoms with Crippen molar-refractivity contribution in [1.29, 1.82) is 0 Å². The van der Waals surface area contributed by atoms with Crippen LogP contribution < -0.4 is 0 Å². The summed E-state index contributed by atoms with van der Waals surface area (Å²) in [5, 5.41) is 0. The fourth-order valence-electron chi connectivity index (χ4n) is 1.64. The maximum atomic E-state index is 11.2. The fourth-order valence-corrected chi connectivity index (χ4v) is 1.64. The summed E-state index contributed by atoms with van der Waals surface area (Å²) < 4.78 is 11.2. The zero-order chi connectivity index (χ0) is 10.5. The number of rotatable bonds is 11. The molecule has 86 valence electrons. The highest BCUT2D eigenvalue weighted by Gasteiger charge is 1.92. The molecule has 0 aliphatic heterocycles. The predicted octanol–water partition coefficient (Wildman–Crippen LogP) is 4.81. The van der Waals surface area contributed by atoms with Crippen LogP contribution in [0.1, 0.15) is 71.1 Å². The van der Waals surface area contributed by atoms with E-state index in [0.717, 1.165) is 12.8 Å². The summed E-state index contributed by atoms with van der Waals surface area (Å²) in [6.07, 6.45) is 12.7. The van der Waals surface area contributed by atoms with Crippen LogP contribution in [0.3, 0.4) is 0 Å². The van der Waals surface area contributed by atoms with Crippen molar-refractivity contribution in [2.75, 3.05) is 6.61 Å². The normalized spacial score (nSPS) is 10.7. The third-order valence-electron chi connectivity index (χ3n) is 2.58. The molecule has 0 amide bonds. The molecule has 0 rings (SSSR count). The van der Waals surface area contributed by atoms with E-state index in [4.69, 9.17) is 0 Å². The monoisotopic (exact) mass is 204 g/mol. The van der Waals surface area contributed by atoms with Crippen molar-refractivity contribution in [3.05, 3.63) is 0 Å². The number of halogens is 1. The molecule has 0 fully saturated rings. The topological polar surface area (TPSA) is 9.23 Å². The van der Waals surface area contributed by atoms with Crippen LogP contribution in [0.2, 0.25) is 0 Å². The molecular weight excluding hydrogens is 179 g/mol. The lowest BCUT2D eigenvalue weighted by Gasteiger charge is -2.00. The van der Waals surface area contributed by atoms with Gasteiger partial charge in [-0.2, -0.15) is 4.94 Å². The average Bonchev–Trinajstić information content (AvgIpc) is 2.21. The van der Waals surface area contributed by atoms with E-state index in [1.165, 1.54) is 51.4 Å². The SMILES string of the molecule is CCCCCCCCCCCCOF. The molecule has 0 radical (unpaired) electrons. The molecule has 0 saturated carbocycles. The van der Waals surface area contributed by atoms with E-state index in [2.05, 4.69) is 11.9 Å². The highest BCUT2D eigenvalue weighted by atomic mass is 19.3. The smallest absolute Gasteiger partial charge is 0.0876 e. The van der Waals surface area contributed by atoms with E-state index in [-0.39, 0.29) is 6.61 Å². The van der Waals surface area contributed by atoms with Gasteiger partial charge < -0.3 is 0 Å². The Morgan fingerprint density at radius 3 is 1.57 bits per heavy atom. The molecule has 14 heavy (non-hydrogen) atoms. The highest BCUT2D eigenvalue weighted by molar-refractivity contribution is 4.46. The molecule has 0 spiro atoms. The van der Waals surface area contributed by atoms with Gasteiger partial charge in [-0.05, 0) is 10.9 Å². The maximum Gasteiger partial charge on any atom is 0.0876 e. The number of hydrogen-bond acceptors (Lipinski definition) is 1. The molecule has 0 aromatic rings. The Labute approximate surface area is 87.9 Å². The average molecular weight is 204 g/mol. The third kappa shape index (κ3) is 11.9. The second-order valence-electron chi connectivity index (χ2n) is 4.00. The van der Waals surface area contributed by atoms with Gasteiger partial charge in [-0.3, -0.25) is 0 Å². The number of hydrogen-bond donors (Lipinski definition) is 0. The van der Waals surface area contributed by atoms with Gasteiger partial charge in [0.15, 0.2) is 0 Å². The van der Waals surface area contributed by atoms with Gasteiger partial charge in [0, 0.05) is 0 Å². The summed E-state index contributed by atoms with van der Waals surface area (Å²) in [4.78, 5) is 3.51. The van der Waals surface area contributed by atoms with Crippen molar-refractivity contribution in [1.82, 2.24) is 0 Å². The van der Waals surface area contributed by atoms with Crippen molar-refractivity contribution in [2.45, 2.75) is 71.1 Å². The molecule has 0 heterocycles. The first-order valence-electron chi connectivity index (χ1n) is 6.15. The van der Waals surface area contributed by atoms with Gasteiger partial charge >= 0.3 is 0 Å². The van der Waals surface area contributed by atoms with E-state index in [1.807, 2.05) is 0 Å². The van der Waals surface area contributed by atoms with Crippen LogP contribution in [-0.2, 0) is 4.94 Å². The minimum Gasteiger partial charge on any atom is -0.194 e. The molecule has 0 saturated heterocycles. The van der Waals surface area contributed by atoms with E-state index >= 15 is 0 Å². The molecule has 0 atom stereocenters. The summed E-state index contributed by atoms with van der Waals surface area (Å²) in [5.74, 6) is 0. The summed E-state index contributed by atoms with van der Waals surface area (Å²) in [6.45, 7) is 2.52. The quantitative estimate of drug-likeness (QED) is 0.439. The van der Waals surface area contributed by atoms with E-state index in [9.17, 15) is 4.53 Å². The van der Waals surface area contributed by atoms with Crippen LogP contribution in [0.15, 0.2) is 0 Å². The zero-order valence-electron chi connectivity index (χ0n) is 9.56. The first-order chi connectivity index (χ1) is 6.91. The molecule has 0 aliphatic carbocycles. The zero-order valence-corrected chi connectivity index (χ0v) is 9.56. The number of unbranched alkanes of at least 4 members (excludes halogenated alkanes) is 9. The minimum atomic E-state index is 0.274. The Morgan fingerprint density at radius 1 is 0.714 bits per heavy atom. The molecule has 0 aliphatic rings. The van der Waals surface area contributed by atoms with Crippen LogP contribution in [0, 0.1) is 0 Å². The second kappa shape index (κ2) is 12.9. The van der Waals surface area contributed by atoms with Crippen molar-refractivity contribution < 1.29 is 9.47 Å². The Balaban J connectivity index is 2.78. The molecule has 0 bridgehead atoms. The van der Waals surface area contributed by atoms with E-state index in [1.54, 1.807) is 0 Å². The lowest BCUT2D eigenvalue weighted by Crippen LogP contribution is -1.86. The summed E-state index contributed by atoms with van der Waals surface area (Å²) in [7, 11) is 0. The fraction of sp³-hybridized carbons (Fsp3) is 1.00. The summed E-state index contributed by atoms with van der Waals surface area (Å²) in [5.41, 5.74) is 0. The van der Waals surface area contributed by atoms with Gasteiger partial charge in [-0.15, -0.1) is 0 Å². The van der Waals surface area contributed by atoms with E-state index < -0.39 is 0 Å². The second-order valence-corrected chi connectivity index (χ2v) is 4.00. The summed E-state index contributed by atoms with van der Waals surface area (Å²) in [6, 6.07) is 0. The molecule has 0 N–H and O–H groups in total. The molecule has 0 aromatic carbocycles. The van der Waals surface area contributed by atoms with Crippen molar-refractivity contribution in [3.8, 4) is 0 Å². The molecule has 0 aromatic heterocycles. The van der Waals surface area contributed by atoms with Crippen LogP contribution >= 0.6 is 0 Å². The first kappa shape index (κ1) is 13.9. The maximum absolute atomic E-state index is 11.2. The van der Waals surface area contributed by atoms with Crippen molar-refractivity contribution in [3.63, 3.8) is 0 Å². The van der Waals surface area contributed by atoms with Gasteiger partial charge in [0.05, 0.1) is 6.61 Å². The summed E-state index contributed by atoms with van der Waals surface area (Å²) >= 11 is 0. The molecule has 1 nitrogen and oxygen atoms in total. The van der Waals surface area contributed by atoms with Gasteiger partial charge in [0.2, 0.25) is 0 Å². The predicted molar refractivity (Wildman–Crippen MR) is 58.9 cm³/mol. The van der Waals surface area contributed by atoms with Crippen LogP contribution in [0.25, 0.3) is 0 Å². The molecular formula is C12H25FO. The van der Waals surface area contributed by atoms with Gasteiger partial charge in [-0.1, -0.05) is 64.7 Å². The lowest BCUT2D eigenvalue weighted by molar-refractivity contribution is -0.133. The van der Waals surface area contributed by atoms with Crippen LogP contribution in [0.5, 0.6) is 0 Å². The first-order valence-corrected chi connectivity index (χ1v) is 6.15. The Morgan fingerprint density at radius 2 is 1.14 bits per heavy atom. The van der Waals surface area contributed by atoms with Crippen molar-refractivity contribution in [2.24, 2.45) is 0 Å². The molecule has 2 heteroatoms. The van der Waals surface area contributed by atoms with Crippen LogP contribution in [-0.4, -0.2) is 6.61 Å². The Hall–Kier alpha value is -0.110.